The van der Waals surface area contributed by atoms with Crippen LogP contribution in [0.2, 0.25) is 0 Å². The fourth-order valence-corrected chi connectivity index (χ4v) is 1.91. The van der Waals surface area contributed by atoms with Gasteiger partial charge < -0.3 is 20.3 Å². The van der Waals surface area contributed by atoms with Gasteiger partial charge in [-0.15, -0.1) is 11.6 Å². The van der Waals surface area contributed by atoms with Gasteiger partial charge in [-0.05, 0) is 32.4 Å². The van der Waals surface area contributed by atoms with Crippen molar-refractivity contribution in [1.29, 1.82) is 0 Å². The highest BCUT2D eigenvalue weighted by atomic mass is 35.5. The molecule has 1 aromatic carbocycles. The Hall–Kier alpha value is -1.37. The van der Waals surface area contributed by atoms with Crippen LogP contribution in [0.15, 0.2) is 18.2 Å². The van der Waals surface area contributed by atoms with E-state index in [1.165, 1.54) is 12.1 Å². The topological polar surface area (TPSA) is 78.8 Å². The lowest BCUT2D eigenvalue weighted by Crippen LogP contribution is -2.38. The lowest BCUT2D eigenvalue weighted by atomic mass is 10.0. The van der Waals surface area contributed by atoms with Gasteiger partial charge in [0.2, 0.25) is 0 Å². The van der Waals surface area contributed by atoms with Crippen LogP contribution in [0.5, 0.6) is 0 Å². The number of alkyl carbamates (subject to hydrolysis) is 1. The largest absolute Gasteiger partial charge is 0.444 e. The van der Waals surface area contributed by atoms with Crippen LogP contribution in [0.4, 0.5) is 9.18 Å². The van der Waals surface area contributed by atoms with Gasteiger partial charge >= 0.3 is 6.09 Å². The Balaban J connectivity index is 2.60. The molecule has 3 N–H and O–H groups in total. The van der Waals surface area contributed by atoms with Crippen molar-refractivity contribution in [1.82, 2.24) is 5.32 Å². The number of ether oxygens (including phenoxy) is 1. The average molecular weight is 334 g/mol. The third kappa shape index (κ3) is 5.79. The van der Waals surface area contributed by atoms with Crippen molar-refractivity contribution in [2.75, 3.05) is 6.54 Å². The van der Waals surface area contributed by atoms with E-state index in [0.717, 1.165) is 6.07 Å². The SMILES string of the molecule is CC(C)(C)OC(=O)NCC(O)C(O)c1ccc(CCl)c(F)c1. The maximum absolute atomic E-state index is 13.6. The Bertz CT molecular complexity index is 519. The Kier molecular flexibility index (Phi) is 6.59. The molecule has 0 fully saturated rings. The molecule has 1 rings (SSSR count). The molecule has 2 unspecified atom stereocenters. The van der Waals surface area contributed by atoms with Crippen LogP contribution in [0, 0.1) is 5.82 Å². The molecule has 124 valence electrons. The third-order valence-corrected chi connectivity index (χ3v) is 3.07. The molecule has 5 nitrogen and oxygen atoms in total. The van der Waals surface area contributed by atoms with E-state index in [2.05, 4.69) is 5.32 Å². The molecule has 0 aliphatic carbocycles. The molecule has 1 aromatic rings. The number of nitrogens with one attached hydrogen (secondary N) is 1. The molecular weight excluding hydrogens is 313 g/mol. The molecule has 0 spiro atoms. The molecule has 0 radical (unpaired) electrons. The quantitative estimate of drug-likeness (QED) is 0.723. The van der Waals surface area contributed by atoms with Gasteiger partial charge in [0.15, 0.2) is 0 Å². The Labute approximate surface area is 134 Å². The summed E-state index contributed by atoms with van der Waals surface area (Å²) in [5, 5.41) is 22.2. The van der Waals surface area contributed by atoms with Gasteiger partial charge in [0.1, 0.15) is 23.6 Å². The maximum atomic E-state index is 13.6. The number of aliphatic hydroxyl groups excluding tert-OH is 2. The molecule has 7 heteroatoms. The first-order valence-electron chi connectivity index (χ1n) is 6.81. The van der Waals surface area contributed by atoms with Crippen LogP contribution < -0.4 is 5.32 Å². The van der Waals surface area contributed by atoms with Crippen LogP contribution in [0.25, 0.3) is 0 Å². The summed E-state index contributed by atoms with van der Waals surface area (Å²) in [6.07, 6.45) is -3.34. The Morgan fingerprint density at radius 1 is 1.41 bits per heavy atom. The fourth-order valence-electron chi connectivity index (χ4n) is 1.69. The fraction of sp³-hybridized carbons (Fsp3) is 0.533. The summed E-state index contributed by atoms with van der Waals surface area (Å²) < 4.78 is 18.6. The van der Waals surface area contributed by atoms with Gasteiger partial charge in [-0.1, -0.05) is 12.1 Å². The first-order valence-corrected chi connectivity index (χ1v) is 7.34. The number of amides is 1. The summed E-state index contributed by atoms with van der Waals surface area (Å²) in [5.41, 5.74) is -0.155. The number of halogens is 2. The lowest BCUT2D eigenvalue weighted by molar-refractivity contribution is 0.0128. The molecule has 1 amide bonds. The van der Waals surface area contributed by atoms with Crippen molar-refractivity contribution in [2.45, 2.75) is 44.5 Å². The standard InChI is InChI=1S/C15H21ClFNO4/c1-15(2,3)22-14(21)18-8-12(19)13(20)9-4-5-10(7-16)11(17)6-9/h4-6,12-13,19-20H,7-8H2,1-3H3,(H,18,21). The molecule has 0 heterocycles. The van der Waals surface area contributed by atoms with E-state index in [0.29, 0.717) is 5.56 Å². The minimum Gasteiger partial charge on any atom is -0.444 e. The zero-order valence-corrected chi connectivity index (χ0v) is 13.5. The molecule has 0 bridgehead atoms. The van der Waals surface area contributed by atoms with E-state index in [1.54, 1.807) is 20.8 Å². The van der Waals surface area contributed by atoms with Gasteiger partial charge in [-0.2, -0.15) is 0 Å². The first-order chi connectivity index (χ1) is 10.1. The smallest absolute Gasteiger partial charge is 0.407 e. The van der Waals surface area contributed by atoms with Crippen molar-refractivity contribution >= 4 is 17.7 Å². The monoisotopic (exact) mass is 333 g/mol. The van der Waals surface area contributed by atoms with Crippen molar-refractivity contribution in [2.24, 2.45) is 0 Å². The average Bonchev–Trinajstić information content (AvgIpc) is 2.42. The summed E-state index contributed by atoms with van der Waals surface area (Å²) in [7, 11) is 0. The van der Waals surface area contributed by atoms with Gasteiger partial charge in [-0.25, -0.2) is 9.18 Å². The van der Waals surface area contributed by atoms with Crippen LogP contribution >= 0.6 is 11.6 Å². The molecule has 0 saturated heterocycles. The molecule has 22 heavy (non-hydrogen) atoms. The van der Waals surface area contributed by atoms with E-state index in [1.807, 2.05) is 0 Å². The highest BCUT2D eigenvalue weighted by Crippen LogP contribution is 2.20. The number of carbonyl (C=O) groups excluding carboxylic acids is 1. The molecule has 0 saturated carbocycles. The Morgan fingerprint density at radius 2 is 2.05 bits per heavy atom. The van der Waals surface area contributed by atoms with E-state index in [9.17, 15) is 19.4 Å². The zero-order chi connectivity index (χ0) is 16.9. The van der Waals surface area contributed by atoms with E-state index < -0.39 is 29.7 Å². The van der Waals surface area contributed by atoms with Gasteiger partial charge in [0, 0.05) is 12.1 Å². The number of rotatable bonds is 5. The van der Waals surface area contributed by atoms with E-state index in [-0.39, 0.29) is 18.0 Å². The van der Waals surface area contributed by atoms with Crippen molar-refractivity contribution in [3.63, 3.8) is 0 Å². The second-order valence-electron chi connectivity index (χ2n) is 5.88. The predicted molar refractivity (Wildman–Crippen MR) is 81.2 cm³/mol. The number of hydrogen-bond acceptors (Lipinski definition) is 4. The van der Waals surface area contributed by atoms with Crippen LogP contribution in [0.1, 0.15) is 38.0 Å². The third-order valence-electron chi connectivity index (χ3n) is 2.78. The first kappa shape index (κ1) is 18.7. The zero-order valence-electron chi connectivity index (χ0n) is 12.8. The van der Waals surface area contributed by atoms with Crippen LogP contribution in [0.3, 0.4) is 0 Å². The number of hydrogen-bond donors (Lipinski definition) is 3. The number of benzene rings is 1. The molecule has 2 atom stereocenters. The second-order valence-corrected chi connectivity index (χ2v) is 6.15. The van der Waals surface area contributed by atoms with Crippen molar-refractivity contribution in [3.05, 3.63) is 35.1 Å². The molecule has 0 aliphatic rings. The number of carbonyl (C=O) groups is 1. The number of aliphatic hydroxyl groups is 2. The molecule has 0 aromatic heterocycles. The summed E-state index contributed by atoms with van der Waals surface area (Å²) in [4.78, 5) is 11.5. The second kappa shape index (κ2) is 7.76. The minimum absolute atomic E-state index is 0.0188. The highest BCUT2D eigenvalue weighted by Gasteiger charge is 2.22. The van der Waals surface area contributed by atoms with E-state index in [4.69, 9.17) is 16.3 Å². The summed E-state index contributed by atoms with van der Waals surface area (Å²) in [5.74, 6) is -0.538. The van der Waals surface area contributed by atoms with Crippen LogP contribution in [-0.4, -0.2) is 34.6 Å². The maximum Gasteiger partial charge on any atom is 0.407 e. The van der Waals surface area contributed by atoms with E-state index >= 15 is 0 Å². The normalized spacial score (nSPS) is 14.3. The molecule has 0 aliphatic heterocycles. The summed E-state index contributed by atoms with van der Waals surface area (Å²) in [6, 6.07) is 4.02. The predicted octanol–water partition coefficient (Wildman–Crippen LogP) is 2.48. The van der Waals surface area contributed by atoms with Crippen molar-refractivity contribution < 1.29 is 24.1 Å². The summed E-state index contributed by atoms with van der Waals surface area (Å²) >= 11 is 5.55. The summed E-state index contributed by atoms with van der Waals surface area (Å²) in [6.45, 7) is 4.89. The molecular formula is C15H21ClFNO4. The van der Waals surface area contributed by atoms with Crippen molar-refractivity contribution in [3.8, 4) is 0 Å². The Morgan fingerprint density at radius 3 is 2.55 bits per heavy atom. The highest BCUT2D eigenvalue weighted by molar-refractivity contribution is 6.17. The number of alkyl halides is 1. The van der Waals surface area contributed by atoms with Crippen LogP contribution in [-0.2, 0) is 10.6 Å². The van der Waals surface area contributed by atoms with Gasteiger partial charge in [0.25, 0.3) is 0 Å². The minimum atomic E-state index is -1.34. The van der Waals surface area contributed by atoms with Gasteiger partial charge in [0.05, 0.1) is 5.88 Å². The van der Waals surface area contributed by atoms with Gasteiger partial charge in [-0.3, -0.25) is 0 Å². The lowest BCUT2D eigenvalue weighted by Gasteiger charge is -2.22.